The Morgan fingerprint density at radius 3 is 2.05 bits per heavy atom. The van der Waals surface area contributed by atoms with Crippen LogP contribution in [0.5, 0.6) is 0 Å². The van der Waals surface area contributed by atoms with E-state index in [1.807, 2.05) is 0 Å². The van der Waals surface area contributed by atoms with Gasteiger partial charge in [0.1, 0.15) is 11.2 Å². The lowest BCUT2D eigenvalue weighted by atomic mass is 9.81. The van der Waals surface area contributed by atoms with Crippen molar-refractivity contribution in [3.8, 4) is 0 Å². The molecule has 3 rings (SSSR count). The molecule has 0 aliphatic heterocycles. The van der Waals surface area contributed by atoms with E-state index in [-0.39, 0.29) is 5.41 Å². The zero-order valence-corrected chi connectivity index (χ0v) is 14.1. The lowest BCUT2D eigenvalue weighted by molar-refractivity contribution is 0.568. The molecule has 0 atom stereocenters. The summed E-state index contributed by atoms with van der Waals surface area (Å²) in [6.07, 6.45) is 0. The Hall–Kier alpha value is -1.76. The number of rotatable bonds is 0. The first-order valence-electron chi connectivity index (χ1n) is 7.65. The van der Waals surface area contributed by atoms with Gasteiger partial charge in [-0.25, -0.2) is 0 Å². The fourth-order valence-corrected chi connectivity index (χ4v) is 3.44. The van der Waals surface area contributed by atoms with E-state index in [0.717, 1.165) is 11.2 Å². The van der Waals surface area contributed by atoms with Crippen LogP contribution < -0.4 is 0 Å². The van der Waals surface area contributed by atoms with Crippen LogP contribution >= 0.6 is 0 Å². The second-order valence-corrected chi connectivity index (χ2v) is 7.33. The summed E-state index contributed by atoms with van der Waals surface area (Å²) in [6.45, 7) is 15.5. The summed E-state index contributed by atoms with van der Waals surface area (Å²) in [5, 5.41) is 2.54. The molecule has 0 aliphatic carbocycles. The molecule has 0 saturated carbocycles. The standard InChI is InChI=1S/C20H24O/c1-11-8-9-12(2)18-16(11)15-10-13(3)14(4)17(19(15)21-18)20(5,6)7/h8-10H,1-7H3. The minimum atomic E-state index is 0.0735. The lowest BCUT2D eigenvalue weighted by Crippen LogP contribution is -2.14. The van der Waals surface area contributed by atoms with Gasteiger partial charge < -0.3 is 4.42 Å². The van der Waals surface area contributed by atoms with Crippen molar-refractivity contribution in [3.63, 3.8) is 0 Å². The molecule has 0 N–H and O–H groups in total. The summed E-state index contributed by atoms with van der Waals surface area (Å²) in [5.74, 6) is 0. The minimum Gasteiger partial charge on any atom is -0.455 e. The molecule has 3 aromatic rings. The van der Waals surface area contributed by atoms with Gasteiger partial charge in [-0.15, -0.1) is 0 Å². The second-order valence-electron chi connectivity index (χ2n) is 7.33. The first-order valence-corrected chi connectivity index (χ1v) is 7.65. The third-order valence-electron chi connectivity index (χ3n) is 4.59. The number of hydrogen-bond donors (Lipinski definition) is 0. The van der Waals surface area contributed by atoms with E-state index < -0.39 is 0 Å². The monoisotopic (exact) mass is 280 g/mol. The molecule has 21 heavy (non-hydrogen) atoms. The van der Waals surface area contributed by atoms with Gasteiger partial charge in [0.05, 0.1) is 0 Å². The van der Waals surface area contributed by atoms with E-state index in [2.05, 4.69) is 66.7 Å². The van der Waals surface area contributed by atoms with E-state index in [0.29, 0.717) is 0 Å². The largest absolute Gasteiger partial charge is 0.455 e. The summed E-state index contributed by atoms with van der Waals surface area (Å²) in [7, 11) is 0. The first-order chi connectivity index (χ1) is 9.71. The number of furan rings is 1. The molecule has 1 heterocycles. The topological polar surface area (TPSA) is 13.1 Å². The summed E-state index contributed by atoms with van der Waals surface area (Å²) >= 11 is 0. The number of hydrogen-bond acceptors (Lipinski definition) is 1. The zero-order valence-electron chi connectivity index (χ0n) is 14.1. The highest BCUT2D eigenvalue weighted by Gasteiger charge is 2.25. The van der Waals surface area contributed by atoms with Gasteiger partial charge in [0.25, 0.3) is 0 Å². The summed E-state index contributed by atoms with van der Waals surface area (Å²) in [4.78, 5) is 0. The van der Waals surface area contributed by atoms with Gasteiger partial charge in [-0.2, -0.15) is 0 Å². The maximum Gasteiger partial charge on any atom is 0.139 e. The van der Waals surface area contributed by atoms with E-state index in [9.17, 15) is 0 Å². The van der Waals surface area contributed by atoms with E-state index in [1.54, 1.807) is 0 Å². The molecule has 1 heteroatoms. The molecule has 110 valence electrons. The van der Waals surface area contributed by atoms with Gasteiger partial charge >= 0.3 is 0 Å². The predicted octanol–water partition coefficient (Wildman–Crippen LogP) is 6.12. The van der Waals surface area contributed by atoms with Crippen molar-refractivity contribution in [1.29, 1.82) is 0 Å². The maximum atomic E-state index is 6.36. The normalized spacial score (nSPS) is 12.5. The predicted molar refractivity (Wildman–Crippen MR) is 91.4 cm³/mol. The van der Waals surface area contributed by atoms with Gasteiger partial charge in [-0.05, 0) is 61.4 Å². The van der Waals surface area contributed by atoms with Crippen molar-refractivity contribution in [2.45, 2.75) is 53.9 Å². The first kappa shape index (κ1) is 14.2. The zero-order chi connectivity index (χ0) is 15.5. The maximum absolute atomic E-state index is 6.36. The SMILES string of the molecule is Cc1cc2c(oc3c(C)ccc(C)c32)c(C(C)(C)C)c1C. The fraction of sp³-hybridized carbons (Fsp3) is 0.400. The van der Waals surface area contributed by atoms with Crippen LogP contribution in [-0.4, -0.2) is 0 Å². The van der Waals surface area contributed by atoms with Crippen LogP contribution in [0.25, 0.3) is 21.9 Å². The Morgan fingerprint density at radius 1 is 0.810 bits per heavy atom. The Morgan fingerprint density at radius 2 is 1.43 bits per heavy atom. The Balaban J connectivity index is 2.63. The van der Waals surface area contributed by atoms with Crippen LogP contribution in [0.4, 0.5) is 0 Å². The summed E-state index contributed by atoms with van der Waals surface area (Å²) < 4.78 is 6.36. The molecule has 0 saturated heterocycles. The van der Waals surface area contributed by atoms with Crippen LogP contribution in [-0.2, 0) is 5.41 Å². The molecular formula is C20H24O. The van der Waals surface area contributed by atoms with Gasteiger partial charge in [0.2, 0.25) is 0 Å². The molecule has 0 unspecified atom stereocenters. The molecule has 0 radical (unpaired) electrons. The molecule has 0 bridgehead atoms. The van der Waals surface area contributed by atoms with Crippen LogP contribution in [0, 0.1) is 27.7 Å². The second kappa shape index (κ2) is 4.37. The minimum absolute atomic E-state index is 0.0735. The molecule has 0 amide bonds. The quantitative estimate of drug-likeness (QED) is 0.483. The van der Waals surface area contributed by atoms with Gasteiger partial charge in [0.15, 0.2) is 0 Å². The van der Waals surface area contributed by atoms with Crippen molar-refractivity contribution >= 4 is 21.9 Å². The summed E-state index contributed by atoms with van der Waals surface area (Å²) in [5.41, 5.74) is 8.72. The van der Waals surface area contributed by atoms with Gasteiger partial charge in [-0.1, -0.05) is 32.9 Å². The van der Waals surface area contributed by atoms with Crippen molar-refractivity contribution in [2.75, 3.05) is 0 Å². The third kappa shape index (κ3) is 1.98. The third-order valence-corrected chi connectivity index (χ3v) is 4.59. The average molecular weight is 280 g/mol. The molecule has 2 aromatic carbocycles. The Labute approximate surface area is 127 Å². The number of benzene rings is 2. The molecule has 0 aliphatic rings. The smallest absolute Gasteiger partial charge is 0.139 e. The average Bonchev–Trinajstić information content (AvgIpc) is 2.73. The fourth-order valence-electron chi connectivity index (χ4n) is 3.44. The molecule has 0 spiro atoms. The van der Waals surface area contributed by atoms with E-state index in [4.69, 9.17) is 4.42 Å². The van der Waals surface area contributed by atoms with Crippen molar-refractivity contribution in [1.82, 2.24) is 0 Å². The van der Waals surface area contributed by atoms with Gasteiger partial charge in [-0.3, -0.25) is 0 Å². The number of fused-ring (bicyclic) bond motifs is 3. The highest BCUT2D eigenvalue weighted by Crippen LogP contribution is 2.41. The van der Waals surface area contributed by atoms with E-state index in [1.165, 1.54) is 38.6 Å². The van der Waals surface area contributed by atoms with Crippen LogP contribution in [0.2, 0.25) is 0 Å². The highest BCUT2D eigenvalue weighted by molar-refractivity contribution is 6.09. The van der Waals surface area contributed by atoms with Crippen molar-refractivity contribution < 1.29 is 4.42 Å². The van der Waals surface area contributed by atoms with E-state index >= 15 is 0 Å². The van der Waals surface area contributed by atoms with Crippen molar-refractivity contribution in [3.05, 3.63) is 46.0 Å². The van der Waals surface area contributed by atoms with Gasteiger partial charge in [0, 0.05) is 16.3 Å². The molecule has 1 nitrogen and oxygen atoms in total. The highest BCUT2D eigenvalue weighted by atomic mass is 16.3. The molecule has 0 fully saturated rings. The Kier molecular flexibility index (Phi) is 2.95. The summed E-state index contributed by atoms with van der Waals surface area (Å²) in [6, 6.07) is 6.63. The van der Waals surface area contributed by atoms with Crippen LogP contribution in [0.1, 0.15) is 48.6 Å². The number of aryl methyl sites for hydroxylation is 3. The molecule has 1 aromatic heterocycles. The molecular weight excluding hydrogens is 256 g/mol. The Bertz CT molecular complexity index is 857. The lowest BCUT2D eigenvalue weighted by Gasteiger charge is -2.23. The van der Waals surface area contributed by atoms with Crippen LogP contribution in [0.15, 0.2) is 22.6 Å². The van der Waals surface area contributed by atoms with Crippen LogP contribution in [0.3, 0.4) is 0 Å². The van der Waals surface area contributed by atoms with Crippen molar-refractivity contribution in [2.24, 2.45) is 0 Å².